The average Bonchev–Trinajstić information content (AvgIpc) is 2.44. The van der Waals surface area contributed by atoms with Crippen LogP contribution in [-0.4, -0.2) is 60.2 Å². The molecule has 9 heteroatoms. The summed E-state index contributed by atoms with van der Waals surface area (Å²) >= 11 is 0. The second-order valence-electron chi connectivity index (χ2n) is 6.34. The highest BCUT2D eigenvalue weighted by molar-refractivity contribution is 7.86. The minimum Gasteiger partial charge on any atom is -0.481 e. The zero-order chi connectivity index (χ0) is 16.7. The van der Waals surface area contributed by atoms with Gasteiger partial charge in [0.15, 0.2) is 0 Å². The van der Waals surface area contributed by atoms with Crippen molar-refractivity contribution in [1.82, 2.24) is 8.61 Å². The van der Waals surface area contributed by atoms with Crippen molar-refractivity contribution in [1.29, 1.82) is 0 Å². The van der Waals surface area contributed by atoms with Crippen LogP contribution in [0.5, 0.6) is 0 Å². The van der Waals surface area contributed by atoms with Gasteiger partial charge in [0, 0.05) is 38.0 Å². The lowest BCUT2D eigenvalue weighted by Gasteiger charge is -2.42. The lowest BCUT2D eigenvalue weighted by atomic mass is 9.88. The van der Waals surface area contributed by atoms with Crippen molar-refractivity contribution >= 4 is 16.2 Å². The van der Waals surface area contributed by atoms with Gasteiger partial charge in [0.25, 0.3) is 16.1 Å². The van der Waals surface area contributed by atoms with Gasteiger partial charge >= 0.3 is 5.97 Å². The Morgan fingerprint density at radius 3 is 2.18 bits per heavy atom. The summed E-state index contributed by atoms with van der Waals surface area (Å²) in [6.45, 7) is 2.35. The van der Waals surface area contributed by atoms with Crippen molar-refractivity contribution < 1.29 is 27.1 Å². The molecule has 22 heavy (non-hydrogen) atoms. The number of hydrogen-bond acceptors (Lipinski definition) is 3. The van der Waals surface area contributed by atoms with Crippen LogP contribution in [0, 0.1) is 17.8 Å². The van der Waals surface area contributed by atoms with E-state index in [-0.39, 0.29) is 26.2 Å². The van der Waals surface area contributed by atoms with E-state index in [1.807, 2.05) is 0 Å². The maximum absolute atomic E-state index is 13.9. The molecule has 2 aliphatic rings. The number of alkyl halides is 2. The number of rotatable bonds is 3. The first-order valence-corrected chi connectivity index (χ1v) is 8.82. The molecule has 0 spiro atoms. The van der Waals surface area contributed by atoms with Crippen molar-refractivity contribution in [3.05, 3.63) is 0 Å². The van der Waals surface area contributed by atoms with E-state index >= 15 is 0 Å². The van der Waals surface area contributed by atoms with Crippen molar-refractivity contribution in [3.8, 4) is 0 Å². The summed E-state index contributed by atoms with van der Waals surface area (Å²) in [5.74, 6) is -6.77. The minimum absolute atomic E-state index is 0.0900. The summed E-state index contributed by atoms with van der Waals surface area (Å²) in [5, 5.41) is 9.05. The summed E-state index contributed by atoms with van der Waals surface area (Å²) in [6, 6.07) is 0. The number of aliphatic carboxylic acids is 1. The van der Waals surface area contributed by atoms with Crippen LogP contribution in [0.3, 0.4) is 0 Å². The van der Waals surface area contributed by atoms with E-state index in [2.05, 4.69) is 0 Å². The highest BCUT2D eigenvalue weighted by atomic mass is 32.2. The minimum atomic E-state index is -3.90. The molecule has 2 fully saturated rings. The van der Waals surface area contributed by atoms with Crippen LogP contribution in [0.4, 0.5) is 8.78 Å². The van der Waals surface area contributed by atoms with Crippen LogP contribution < -0.4 is 0 Å². The summed E-state index contributed by atoms with van der Waals surface area (Å²) in [4.78, 5) is 11.1. The Balaban J connectivity index is 2.15. The smallest absolute Gasteiger partial charge is 0.307 e. The first-order valence-electron chi connectivity index (χ1n) is 7.42. The van der Waals surface area contributed by atoms with E-state index in [1.54, 1.807) is 0 Å². The molecular formula is C13H22F2N2O4S. The van der Waals surface area contributed by atoms with Crippen molar-refractivity contribution in [2.45, 2.75) is 32.6 Å². The predicted molar refractivity (Wildman–Crippen MR) is 75.7 cm³/mol. The van der Waals surface area contributed by atoms with Gasteiger partial charge in [-0.25, -0.2) is 8.78 Å². The van der Waals surface area contributed by atoms with E-state index in [0.717, 1.165) is 8.61 Å². The quantitative estimate of drug-likeness (QED) is 0.839. The maximum atomic E-state index is 13.9. The van der Waals surface area contributed by atoms with Crippen LogP contribution in [0.15, 0.2) is 0 Å². The van der Waals surface area contributed by atoms with Gasteiger partial charge in [-0.1, -0.05) is 13.8 Å². The number of carboxylic acid groups (broad SMARTS) is 1. The third-order valence-electron chi connectivity index (χ3n) is 4.66. The maximum Gasteiger partial charge on any atom is 0.307 e. The first kappa shape index (κ1) is 17.6. The second kappa shape index (κ2) is 6.01. The number of halogens is 2. The molecule has 0 aromatic heterocycles. The van der Waals surface area contributed by atoms with Crippen molar-refractivity contribution in [2.75, 3.05) is 26.2 Å². The monoisotopic (exact) mass is 340 g/mol. The number of carboxylic acids is 1. The van der Waals surface area contributed by atoms with Gasteiger partial charge in [-0.3, -0.25) is 4.79 Å². The zero-order valence-corrected chi connectivity index (χ0v) is 13.5. The Labute approximate surface area is 129 Å². The van der Waals surface area contributed by atoms with E-state index < -0.39 is 39.9 Å². The summed E-state index contributed by atoms with van der Waals surface area (Å²) in [7, 11) is -3.90. The fourth-order valence-corrected chi connectivity index (χ4v) is 5.00. The predicted octanol–water partition coefficient (Wildman–Crippen LogP) is 1.25. The molecule has 6 nitrogen and oxygen atoms in total. The fraction of sp³-hybridized carbons (Fsp3) is 0.923. The van der Waals surface area contributed by atoms with Crippen LogP contribution in [-0.2, 0) is 15.0 Å². The molecule has 0 saturated carbocycles. The standard InChI is InChI=1S/C13H22F2N2O4S/c1-9-6-17(7-10(2)13(9,14)15)22(20,21)16-5-3-4-11(8-16)12(18)19/h9-11H,3-8H2,1-2H3,(H,18,19). The van der Waals surface area contributed by atoms with Gasteiger partial charge < -0.3 is 5.11 Å². The van der Waals surface area contributed by atoms with Gasteiger partial charge in [-0.05, 0) is 12.8 Å². The fourth-order valence-electron chi connectivity index (χ4n) is 3.12. The third-order valence-corrected chi connectivity index (χ3v) is 6.59. The molecule has 2 rings (SSSR count). The third kappa shape index (κ3) is 3.11. The number of piperidine rings is 2. The Morgan fingerprint density at radius 2 is 1.68 bits per heavy atom. The zero-order valence-electron chi connectivity index (χ0n) is 12.7. The molecule has 2 saturated heterocycles. The van der Waals surface area contributed by atoms with Gasteiger partial charge in [0.2, 0.25) is 0 Å². The number of carbonyl (C=O) groups is 1. The molecule has 0 radical (unpaired) electrons. The van der Waals surface area contributed by atoms with Crippen LogP contribution in [0.2, 0.25) is 0 Å². The highest BCUT2D eigenvalue weighted by Crippen LogP contribution is 2.39. The molecule has 0 aliphatic carbocycles. The highest BCUT2D eigenvalue weighted by Gasteiger charge is 2.50. The topological polar surface area (TPSA) is 77.9 Å². The van der Waals surface area contributed by atoms with Crippen LogP contribution in [0.25, 0.3) is 0 Å². The Kier molecular flexibility index (Phi) is 4.79. The van der Waals surface area contributed by atoms with E-state index in [4.69, 9.17) is 5.11 Å². The Bertz CT molecular complexity index is 526. The molecule has 0 aromatic rings. The number of nitrogens with zero attached hydrogens (tertiary/aromatic N) is 2. The molecule has 0 amide bonds. The second-order valence-corrected chi connectivity index (χ2v) is 8.27. The molecular weight excluding hydrogens is 318 g/mol. The van der Waals surface area contributed by atoms with E-state index in [1.165, 1.54) is 13.8 Å². The lowest BCUT2D eigenvalue weighted by molar-refractivity contribution is -0.142. The van der Waals surface area contributed by atoms with Gasteiger partial charge in [0.05, 0.1) is 5.92 Å². The Hall–Kier alpha value is -0.800. The van der Waals surface area contributed by atoms with E-state index in [9.17, 15) is 22.0 Å². The summed E-state index contributed by atoms with van der Waals surface area (Å²) < 4.78 is 55.1. The van der Waals surface area contributed by atoms with Gasteiger partial charge in [-0.15, -0.1) is 0 Å². The molecule has 0 aromatic carbocycles. The van der Waals surface area contributed by atoms with E-state index in [0.29, 0.717) is 12.8 Å². The van der Waals surface area contributed by atoms with Gasteiger partial charge in [0.1, 0.15) is 0 Å². The van der Waals surface area contributed by atoms with Crippen LogP contribution in [0.1, 0.15) is 26.7 Å². The largest absolute Gasteiger partial charge is 0.481 e. The SMILES string of the molecule is CC1CN(S(=O)(=O)N2CCCC(C(=O)O)C2)CC(C)C1(F)F. The average molecular weight is 340 g/mol. The molecule has 3 atom stereocenters. The normalized spacial score (nSPS) is 34.5. The molecule has 1 N–H and O–H groups in total. The summed E-state index contributed by atoms with van der Waals surface area (Å²) in [5.41, 5.74) is 0. The Morgan fingerprint density at radius 1 is 1.14 bits per heavy atom. The summed E-state index contributed by atoms with van der Waals surface area (Å²) in [6.07, 6.45) is 0.900. The molecule has 2 aliphatic heterocycles. The van der Waals surface area contributed by atoms with Crippen molar-refractivity contribution in [2.24, 2.45) is 17.8 Å². The number of hydrogen-bond donors (Lipinski definition) is 1. The lowest BCUT2D eigenvalue weighted by Crippen LogP contribution is -2.57. The molecule has 3 unspecified atom stereocenters. The first-order chi connectivity index (χ1) is 10.1. The van der Waals surface area contributed by atoms with Gasteiger partial charge in [-0.2, -0.15) is 17.0 Å². The molecule has 0 bridgehead atoms. The van der Waals surface area contributed by atoms with Crippen molar-refractivity contribution in [3.63, 3.8) is 0 Å². The molecule has 128 valence electrons. The van der Waals surface area contributed by atoms with Crippen LogP contribution >= 0.6 is 0 Å². The molecule has 2 heterocycles.